The van der Waals surface area contributed by atoms with Crippen molar-refractivity contribution in [2.45, 2.75) is 45.9 Å². The van der Waals surface area contributed by atoms with Gasteiger partial charge in [-0.25, -0.2) is 0 Å². The van der Waals surface area contributed by atoms with Crippen LogP contribution in [0.25, 0.3) is 0 Å². The zero-order valence-electron chi connectivity index (χ0n) is 17.4. The monoisotopic (exact) mass is 383 g/mol. The van der Waals surface area contributed by atoms with E-state index < -0.39 is 0 Å². The van der Waals surface area contributed by atoms with Gasteiger partial charge < -0.3 is 14.8 Å². The van der Waals surface area contributed by atoms with Gasteiger partial charge in [-0.15, -0.1) is 0 Å². The molecule has 2 heterocycles. The van der Waals surface area contributed by atoms with Gasteiger partial charge in [-0.05, 0) is 62.5 Å². The standard InChI is InChI=1S/C23H33N3O2/c1-18-8-11-26(12-9-18)19(2)14-25-15-20-6-7-22(27-3)23(13-20)28-17-21-5-4-10-24-16-21/h4-7,10,13,16,18-19,25H,8-9,11-12,14-15,17H2,1-3H3. The van der Waals surface area contributed by atoms with Gasteiger partial charge >= 0.3 is 0 Å². The zero-order chi connectivity index (χ0) is 19.8. The maximum absolute atomic E-state index is 5.99. The van der Waals surface area contributed by atoms with Crippen molar-refractivity contribution in [3.05, 3.63) is 53.9 Å². The van der Waals surface area contributed by atoms with Gasteiger partial charge in [-0.2, -0.15) is 0 Å². The van der Waals surface area contributed by atoms with Crippen molar-refractivity contribution in [3.63, 3.8) is 0 Å². The molecule has 28 heavy (non-hydrogen) atoms. The predicted octanol–water partition coefficient (Wildman–Crippen LogP) is 3.88. The van der Waals surface area contributed by atoms with Crippen molar-refractivity contribution in [2.75, 3.05) is 26.7 Å². The number of likely N-dealkylation sites (tertiary alicyclic amines) is 1. The molecule has 1 saturated heterocycles. The van der Waals surface area contributed by atoms with Crippen LogP contribution in [0.4, 0.5) is 0 Å². The molecule has 1 unspecified atom stereocenters. The van der Waals surface area contributed by atoms with Gasteiger partial charge in [-0.3, -0.25) is 9.88 Å². The molecule has 0 spiro atoms. The molecular formula is C23H33N3O2. The number of pyridine rings is 1. The largest absolute Gasteiger partial charge is 0.493 e. The Morgan fingerprint density at radius 1 is 1.18 bits per heavy atom. The summed E-state index contributed by atoms with van der Waals surface area (Å²) in [6.07, 6.45) is 6.23. The van der Waals surface area contributed by atoms with E-state index in [4.69, 9.17) is 9.47 Å². The van der Waals surface area contributed by atoms with E-state index in [0.717, 1.165) is 36.1 Å². The lowest BCUT2D eigenvalue weighted by Gasteiger charge is -2.35. The highest BCUT2D eigenvalue weighted by Crippen LogP contribution is 2.29. The van der Waals surface area contributed by atoms with Crippen LogP contribution >= 0.6 is 0 Å². The molecule has 0 saturated carbocycles. The molecule has 152 valence electrons. The van der Waals surface area contributed by atoms with Crippen LogP contribution in [0.2, 0.25) is 0 Å². The SMILES string of the molecule is COc1ccc(CNCC(C)N2CCC(C)CC2)cc1OCc1cccnc1. The summed E-state index contributed by atoms with van der Waals surface area (Å²) >= 11 is 0. The highest BCUT2D eigenvalue weighted by atomic mass is 16.5. The van der Waals surface area contributed by atoms with Crippen molar-refractivity contribution in [1.82, 2.24) is 15.2 Å². The van der Waals surface area contributed by atoms with Crippen LogP contribution in [0.1, 0.15) is 37.8 Å². The van der Waals surface area contributed by atoms with Crippen molar-refractivity contribution >= 4 is 0 Å². The smallest absolute Gasteiger partial charge is 0.161 e. The molecule has 1 fully saturated rings. The number of ether oxygens (including phenoxy) is 2. The van der Waals surface area contributed by atoms with E-state index in [1.54, 1.807) is 13.3 Å². The third-order valence-corrected chi connectivity index (χ3v) is 5.56. The number of piperidine rings is 1. The minimum atomic E-state index is 0.478. The molecule has 1 aliphatic heterocycles. The third kappa shape index (κ3) is 5.94. The molecule has 2 aromatic rings. The van der Waals surface area contributed by atoms with Crippen molar-refractivity contribution in [3.8, 4) is 11.5 Å². The lowest BCUT2D eigenvalue weighted by molar-refractivity contribution is 0.144. The number of benzene rings is 1. The number of hydrogen-bond donors (Lipinski definition) is 1. The van der Waals surface area contributed by atoms with E-state index in [-0.39, 0.29) is 0 Å². The van der Waals surface area contributed by atoms with Crippen molar-refractivity contribution in [1.29, 1.82) is 0 Å². The summed E-state index contributed by atoms with van der Waals surface area (Å²) in [5.41, 5.74) is 2.24. The molecule has 1 aromatic carbocycles. The first-order valence-electron chi connectivity index (χ1n) is 10.3. The molecule has 0 amide bonds. The maximum Gasteiger partial charge on any atom is 0.161 e. The second-order valence-corrected chi connectivity index (χ2v) is 7.83. The van der Waals surface area contributed by atoms with Gasteiger partial charge in [0.1, 0.15) is 6.61 Å². The molecule has 0 aliphatic carbocycles. The summed E-state index contributed by atoms with van der Waals surface area (Å²) in [5.74, 6) is 2.40. The van der Waals surface area contributed by atoms with Crippen LogP contribution in [0.3, 0.4) is 0 Å². The normalized spacial score (nSPS) is 16.7. The van der Waals surface area contributed by atoms with Crippen molar-refractivity contribution < 1.29 is 9.47 Å². The fourth-order valence-corrected chi connectivity index (χ4v) is 3.61. The second kappa shape index (κ2) is 10.4. The third-order valence-electron chi connectivity index (χ3n) is 5.56. The Morgan fingerprint density at radius 3 is 2.71 bits per heavy atom. The van der Waals surface area contributed by atoms with E-state index in [0.29, 0.717) is 12.6 Å². The fourth-order valence-electron chi connectivity index (χ4n) is 3.61. The number of aromatic nitrogens is 1. The zero-order valence-corrected chi connectivity index (χ0v) is 17.4. The molecule has 5 heteroatoms. The Morgan fingerprint density at radius 2 is 2.00 bits per heavy atom. The summed E-state index contributed by atoms with van der Waals surface area (Å²) in [7, 11) is 1.67. The predicted molar refractivity (Wildman–Crippen MR) is 113 cm³/mol. The van der Waals surface area contributed by atoms with Gasteiger partial charge in [0.2, 0.25) is 0 Å². The summed E-state index contributed by atoms with van der Waals surface area (Å²) in [6.45, 7) is 9.41. The van der Waals surface area contributed by atoms with Gasteiger partial charge in [0.15, 0.2) is 11.5 Å². The van der Waals surface area contributed by atoms with Crippen LogP contribution in [0, 0.1) is 5.92 Å². The Kier molecular flexibility index (Phi) is 7.69. The highest BCUT2D eigenvalue weighted by Gasteiger charge is 2.19. The van der Waals surface area contributed by atoms with E-state index in [2.05, 4.69) is 41.2 Å². The molecule has 1 aromatic heterocycles. The van der Waals surface area contributed by atoms with Crippen LogP contribution in [0.15, 0.2) is 42.7 Å². The molecule has 3 rings (SSSR count). The summed E-state index contributed by atoms with van der Waals surface area (Å²) in [5, 5.41) is 3.60. The Balaban J connectivity index is 1.51. The van der Waals surface area contributed by atoms with Crippen LogP contribution in [-0.2, 0) is 13.2 Å². The first-order valence-corrected chi connectivity index (χ1v) is 10.3. The minimum Gasteiger partial charge on any atom is -0.493 e. The number of hydrogen-bond acceptors (Lipinski definition) is 5. The molecule has 1 N–H and O–H groups in total. The number of nitrogens with one attached hydrogen (secondary N) is 1. The van der Waals surface area contributed by atoms with Gasteiger partial charge in [0.25, 0.3) is 0 Å². The molecule has 0 radical (unpaired) electrons. The first kappa shape index (κ1) is 20.6. The molecule has 1 atom stereocenters. The number of methoxy groups -OCH3 is 1. The summed E-state index contributed by atoms with van der Waals surface area (Å²) < 4.78 is 11.4. The molecule has 5 nitrogen and oxygen atoms in total. The second-order valence-electron chi connectivity index (χ2n) is 7.83. The van der Waals surface area contributed by atoms with Gasteiger partial charge in [0, 0.05) is 37.1 Å². The highest BCUT2D eigenvalue weighted by molar-refractivity contribution is 5.43. The van der Waals surface area contributed by atoms with Gasteiger partial charge in [0.05, 0.1) is 7.11 Å². The van der Waals surface area contributed by atoms with Crippen LogP contribution in [-0.4, -0.2) is 42.7 Å². The van der Waals surface area contributed by atoms with Crippen LogP contribution < -0.4 is 14.8 Å². The lowest BCUT2D eigenvalue weighted by Crippen LogP contribution is -2.44. The van der Waals surface area contributed by atoms with Crippen LogP contribution in [0.5, 0.6) is 11.5 Å². The maximum atomic E-state index is 5.99. The van der Waals surface area contributed by atoms with E-state index in [9.17, 15) is 0 Å². The Labute approximate surface area is 169 Å². The quantitative estimate of drug-likeness (QED) is 0.712. The van der Waals surface area contributed by atoms with E-state index in [1.807, 2.05) is 24.4 Å². The number of nitrogens with zero attached hydrogens (tertiary/aromatic N) is 2. The fraction of sp³-hybridized carbons (Fsp3) is 0.522. The average Bonchev–Trinajstić information content (AvgIpc) is 2.73. The van der Waals surface area contributed by atoms with Gasteiger partial charge in [-0.1, -0.05) is 19.1 Å². The lowest BCUT2D eigenvalue weighted by atomic mass is 9.98. The molecule has 1 aliphatic rings. The minimum absolute atomic E-state index is 0.478. The Hall–Kier alpha value is -2.11. The molecular weight excluding hydrogens is 350 g/mol. The van der Waals surface area contributed by atoms with E-state index >= 15 is 0 Å². The van der Waals surface area contributed by atoms with Crippen molar-refractivity contribution in [2.24, 2.45) is 5.92 Å². The first-order chi connectivity index (χ1) is 13.7. The Bertz CT molecular complexity index is 715. The molecule has 0 bridgehead atoms. The summed E-state index contributed by atoms with van der Waals surface area (Å²) in [4.78, 5) is 6.73. The topological polar surface area (TPSA) is 46.6 Å². The average molecular weight is 384 g/mol. The summed E-state index contributed by atoms with van der Waals surface area (Å²) in [6, 6.07) is 10.6. The van der Waals surface area contributed by atoms with E-state index in [1.165, 1.54) is 31.5 Å². The number of rotatable bonds is 9.